The van der Waals surface area contributed by atoms with E-state index >= 15 is 0 Å². The number of nitrogens with zero attached hydrogens (tertiary/aromatic N) is 3. The quantitative estimate of drug-likeness (QED) is 0.855. The van der Waals surface area contributed by atoms with E-state index in [-0.39, 0.29) is 6.10 Å². The molecule has 0 amide bonds. The molecule has 3 rings (SSSR count). The molecule has 1 saturated heterocycles. The normalized spacial score (nSPS) is 20.2. The molecule has 106 valence electrons. The zero-order valence-electron chi connectivity index (χ0n) is 11.9. The Morgan fingerprint density at radius 2 is 2.20 bits per heavy atom. The Morgan fingerprint density at radius 3 is 3.00 bits per heavy atom. The van der Waals surface area contributed by atoms with Gasteiger partial charge < -0.3 is 14.2 Å². The van der Waals surface area contributed by atoms with Gasteiger partial charge in [0.25, 0.3) is 0 Å². The molecule has 5 nitrogen and oxygen atoms in total. The molecule has 0 spiro atoms. The molecular weight excluding hydrogens is 254 g/mol. The predicted molar refractivity (Wildman–Crippen MR) is 74.5 cm³/mol. The molecule has 1 aliphatic rings. The first-order valence-electron chi connectivity index (χ1n) is 6.89. The zero-order valence-corrected chi connectivity index (χ0v) is 11.9. The monoisotopic (exact) mass is 273 g/mol. The summed E-state index contributed by atoms with van der Waals surface area (Å²) in [5.74, 6) is 1.30. The molecule has 2 aromatic rings. The Bertz CT molecular complexity index is 582. The van der Waals surface area contributed by atoms with E-state index in [9.17, 15) is 0 Å². The Labute approximate surface area is 118 Å². The molecule has 2 heterocycles. The number of hydrogen-bond acceptors (Lipinski definition) is 5. The van der Waals surface area contributed by atoms with E-state index in [0.717, 1.165) is 13.1 Å². The molecule has 0 radical (unpaired) electrons. The highest BCUT2D eigenvalue weighted by Crippen LogP contribution is 2.20. The van der Waals surface area contributed by atoms with Crippen molar-refractivity contribution >= 4 is 0 Å². The summed E-state index contributed by atoms with van der Waals surface area (Å²) in [4.78, 5) is 6.69. The number of morpholine rings is 1. The van der Waals surface area contributed by atoms with E-state index < -0.39 is 0 Å². The van der Waals surface area contributed by atoms with Crippen molar-refractivity contribution in [1.82, 2.24) is 15.0 Å². The van der Waals surface area contributed by atoms with Gasteiger partial charge in [0.2, 0.25) is 11.7 Å². The summed E-state index contributed by atoms with van der Waals surface area (Å²) >= 11 is 0. The summed E-state index contributed by atoms with van der Waals surface area (Å²) in [6, 6.07) is 8.23. The number of rotatable bonds is 3. The topological polar surface area (TPSA) is 51.4 Å². The second-order valence-corrected chi connectivity index (χ2v) is 5.27. The van der Waals surface area contributed by atoms with Gasteiger partial charge in [-0.15, -0.1) is 0 Å². The number of aryl methyl sites for hydroxylation is 1. The number of aromatic nitrogens is 2. The minimum atomic E-state index is -0.0804. The van der Waals surface area contributed by atoms with Crippen LogP contribution in [0.25, 0.3) is 0 Å². The smallest absolute Gasteiger partial charge is 0.231 e. The third kappa shape index (κ3) is 2.89. The Balaban J connectivity index is 1.72. The lowest BCUT2D eigenvalue weighted by molar-refractivity contribution is -0.0264. The van der Waals surface area contributed by atoms with Crippen LogP contribution in [-0.2, 0) is 11.2 Å². The van der Waals surface area contributed by atoms with Gasteiger partial charge in [-0.05, 0) is 25.1 Å². The van der Waals surface area contributed by atoms with Crippen molar-refractivity contribution in [2.75, 3.05) is 26.7 Å². The van der Waals surface area contributed by atoms with E-state index in [1.807, 2.05) is 12.1 Å². The molecule has 1 aliphatic heterocycles. The number of hydrogen-bond donors (Lipinski definition) is 0. The maximum Gasteiger partial charge on any atom is 0.231 e. The third-order valence-electron chi connectivity index (χ3n) is 3.64. The van der Waals surface area contributed by atoms with Crippen LogP contribution in [0.1, 0.15) is 28.9 Å². The van der Waals surface area contributed by atoms with Crippen molar-refractivity contribution in [3.63, 3.8) is 0 Å². The van der Waals surface area contributed by atoms with Crippen LogP contribution >= 0.6 is 0 Å². The lowest BCUT2D eigenvalue weighted by Crippen LogP contribution is -2.35. The van der Waals surface area contributed by atoms with Gasteiger partial charge in [-0.25, -0.2) is 0 Å². The van der Waals surface area contributed by atoms with Crippen LogP contribution in [0.2, 0.25) is 0 Å². The highest BCUT2D eigenvalue weighted by Gasteiger charge is 2.24. The first-order chi connectivity index (χ1) is 9.72. The highest BCUT2D eigenvalue weighted by molar-refractivity contribution is 5.27. The van der Waals surface area contributed by atoms with E-state index in [0.29, 0.717) is 24.7 Å². The summed E-state index contributed by atoms with van der Waals surface area (Å²) < 4.78 is 11.0. The maximum absolute atomic E-state index is 5.70. The van der Waals surface area contributed by atoms with Crippen LogP contribution in [0.3, 0.4) is 0 Å². The van der Waals surface area contributed by atoms with E-state index in [2.05, 4.69) is 41.1 Å². The molecule has 0 N–H and O–H groups in total. The van der Waals surface area contributed by atoms with Crippen molar-refractivity contribution in [2.24, 2.45) is 0 Å². The molecule has 5 heteroatoms. The lowest BCUT2D eigenvalue weighted by Gasteiger charge is -2.27. The third-order valence-corrected chi connectivity index (χ3v) is 3.64. The Hall–Kier alpha value is -1.72. The molecule has 20 heavy (non-hydrogen) atoms. The van der Waals surface area contributed by atoms with Crippen molar-refractivity contribution in [3.05, 3.63) is 47.1 Å². The molecule has 0 bridgehead atoms. The van der Waals surface area contributed by atoms with Gasteiger partial charge in [0.15, 0.2) is 0 Å². The summed E-state index contributed by atoms with van der Waals surface area (Å²) in [5, 5.41) is 4.06. The molecule has 0 aliphatic carbocycles. The largest absolute Gasteiger partial charge is 0.367 e. The molecule has 0 saturated carbocycles. The predicted octanol–water partition coefficient (Wildman–Crippen LogP) is 1.97. The van der Waals surface area contributed by atoms with Crippen molar-refractivity contribution in [3.8, 4) is 0 Å². The summed E-state index contributed by atoms with van der Waals surface area (Å²) in [6.45, 7) is 4.56. The average Bonchev–Trinajstić information content (AvgIpc) is 2.90. The van der Waals surface area contributed by atoms with Crippen LogP contribution in [0.4, 0.5) is 0 Å². The SMILES string of the molecule is Cc1ccccc1Cc1nc([C@@H]2CN(C)CCO2)no1. The van der Waals surface area contributed by atoms with Gasteiger partial charge in [0.1, 0.15) is 6.10 Å². The van der Waals surface area contributed by atoms with Gasteiger partial charge in [0, 0.05) is 13.1 Å². The lowest BCUT2D eigenvalue weighted by atomic mass is 10.1. The standard InChI is InChI=1S/C15H19N3O2/c1-11-5-3-4-6-12(11)9-14-16-15(17-20-14)13-10-18(2)7-8-19-13/h3-6,13H,7-10H2,1-2H3/t13-/m0/s1. The zero-order chi connectivity index (χ0) is 13.9. The highest BCUT2D eigenvalue weighted by atomic mass is 16.5. The Kier molecular flexibility index (Phi) is 3.80. The van der Waals surface area contributed by atoms with Gasteiger partial charge in [-0.3, -0.25) is 0 Å². The molecule has 1 aromatic carbocycles. The van der Waals surface area contributed by atoms with Crippen LogP contribution in [0.5, 0.6) is 0 Å². The maximum atomic E-state index is 5.70. The fraction of sp³-hybridized carbons (Fsp3) is 0.467. The number of ether oxygens (including phenoxy) is 1. The van der Waals surface area contributed by atoms with E-state index in [1.165, 1.54) is 11.1 Å². The van der Waals surface area contributed by atoms with Gasteiger partial charge in [0.05, 0.1) is 13.0 Å². The van der Waals surface area contributed by atoms with Crippen molar-refractivity contribution in [2.45, 2.75) is 19.4 Å². The van der Waals surface area contributed by atoms with Crippen LogP contribution in [-0.4, -0.2) is 41.8 Å². The van der Waals surface area contributed by atoms with E-state index in [4.69, 9.17) is 9.26 Å². The fourth-order valence-corrected chi connectivity index (χ4v) is 2.38. The second kappa shape index (κ2) is 5.73. The molecule has 1 aromatic heterocycles. The van der Waals surface area contributed by atoms with Crippen molar-refractivity contribution < 1.29 is 9.26 Å². The minimum Gasteiger partial charge on any atom is -0.367 e. The van der Waals surface area contributed by atoms with Gasteiger partial charge >= 0.3 is 0 Å². The first-order valence-corrected chi connectivity index (χ1v) is 6.89. The van der Waals surface area contributed by atoms with Gasteiger partial charge in [-0.1, -0.05) is 29.4 Å². The van der Waals surface area contributed by atoms with Crippen LogP contribution in [0.15, 0.2) is 28.8 Å². The van der Waals surface area contributed by atoms with Crippen LogP contribution in [0, 0.1) is 6.92 Å². The summed E-state index contributed by atoms with van der Waals surface area (Å²) in [6.07, 6.45) is 0.588. The number of likely N-dealkylation sites (N-methyl/N-ethyl adjacent to an activating group) is 1. The second-order valence-electron chi connectivity index (χ2n) is 5.27. The van der Waals surface area contributed by atoms with Gasteiger partial charge in [-0.2, -0.15) is 4.98 Å². The van der Waals surface area contributed by atoms with E-state index in [1.54, 1.807) is 0 Å². The summed E-state index contributed by atoms with van der Waals surface area (Å²) in [7, 11) is 2.07. The summed E-state index contributed by atoms with van der Waals surface area (Å²) in [5.41, 5.74) is 2.45. The average molecular weight is 273 g/mol. The fourth-order valence-electron chi connectivity index (χ4n) is 2.38. The van der Waals surface area contributed by atoms with Crippen LogP contribution < -0.4 is 0 Å². The Morgan fingerprint density at radius 1 is 1.35 bits per heavy atom. The first kappa shape index (κ1) is 13.3. The number of benzene rings is 1. The van der Waals surface area contributed by atoms with Crippen molar-refractivity contribution in [1.29, 1.82) is 0 Å². The molecule has 1 atom stereocenters. The molecule has 0 unspecified atom stereocenters. The molecule has 1 fully saturated rings. The minimum absolute atomic E-state index is 0.0804. The molecular formula is C15H19N3O2.